The molecule has 0 N–H and O–H groups in total. The van der Waals surface area contributed by atoms with Gasteiger partial charge in [0.25, 0.3) is 0 Å². The summed E-state index contributed by atoms with van der Waals surface area (Å²) in [7, 11) is 0. The Hall–Kier alpha value is 0.220. The largest absolute Gasteiger partial charge is 0.0922 e. The van der Waals surface area contributed by atoms with Gasteiger partial charge in [0.15, 0.2) is 0 Å². The van der Waals surface area contributed by atoms with E-state index in [-0.39, 0.29) is 0 Å². The molecule has 0 aliphatic carbocycles. The maximum Gasteiger partial charge on any atom is 0.00942 e. The summed E-state index contributed by atoms with van der Waals surface area (Å²) in [5, 5.41) is 1.07. The fourth-order valence-corrected chi connectivity index (χ4v) is 0.917. The Balaban J connectivity index is 3.63. The lowest BCUT2D eigenvalue weighted by Gasteiger charge is -2.05. The molecular formula is C7H13Br. The molecule has 0 aliphatic heterocycles. The number of alkyl halides is 1. The van der Waals surface area contributed by atoms with Crippen LogP contribution in [-0.2, 0) is 0 Å². The topological polar surface area (TPSA) is 0 Å². The quantitative estimate of drug-likeness (QED) is 0.449. The molecule has 0 aliphatic rings. The molecule has 0 aromatic carbocycles. The Morgan fingerprint density at radius 1 is 1.75 bits per heavy atom. The van der Waals surface area contributed by atoms with Gasteiger partial charge in [-0.05, 0) is 19.8 Å². The Kier molecular flexibility index (Phi) is 4.25. The van der Waals surface area contributed by atoms with Crippen molar-refractivity contribution in [2.75, 3.05) is 5.33 Å². The molecule has 48 valence electrons. The second-order valence-electron chi connectivity index (χ2n) is 2.09. The average Bonchev–Trinajstić information content (AvgIpc) is 1.84. The molecule has 0 saturated carbocycles. The summed E-state index contributed by atoms with van der Waals surface area (Å²) in [6, 6.07) is 0. The van der Waals surface area contributed by atoms with Crippen LogP contribution in [0.15, 0.2) is 11.6 Å². The van der Waals surface area contributed by atoms with Crippen LogP contribution in [0.5, 0.6) is 0 Å². The van der Waals surface area contributed by atoms with Gasteiger partial charge in [-0.3, -0.25) is 0 Å². The smallest absolute Gasteiger partial charge is 0.00942 e. The van der Waals surface area contributed by atoms with Crippen molar-refractivity contribution >= 4 is 15.9 Å². The fraction of sp³-hybridized carbons (Fsp3) is 0.714. The van der Waals surface area contributed by atoms with Crippen molar-refractivity contribution in [1.82, 2.24) is 0 Å². The van der Waals surface area contributed by atoms with Crippen molar-refractivity contribution in [2.24, 2.45) is 5.92 Å². The number of hydrogen-bond acceptors (Lipinski definition) is 0. The second-order valence-corrected chi connectivity index (χ2v) is 2.74. The summed E-state index contributed by atoms with van der Waals surface area (Å²) in [6.45, 7) is 6.45. The molecular weight excluding hydrogens is 164 g/mol. The Labute approximate surface area is 60.1 Å². The molecule has 0 saturated heterocycles. The first kappa shape index (κ1) is 8.22. The van der Waals surface area contributed by atoms with Crippen LogP contribution in [0.3, 0.4) is 0 Å². The van der Waals surface area contributed by atoms with Crippen LogP contribution in [0.25, 0.3) is 0 Å². The van der Waals surface area contributed by atoms with Crippen LogP contribution >= 0.6 is 15.9 Å². The van der Waals surface area contributed by atoms with Crippen molar-refractivity contribution in [3.05, 3.63) is 11.6 Å². The van der Waals surface area contributed by atoms with Gasteiger partial charge >= 0.3 is 0 Å². The van der Waals surface area contributed by atoms with E-state index in [0.29, 0.717) is 5.92 Å². The van der Waals surface area contributed by atoms with Crippen molar-refractivity contribution in [3.63, 3.8) is 0 Å². The van der Waals surface area contributed by atoms with Crippen LogP contribution in [0, 0.1) is 5.92 Å². The zero-order chi connectivity index (χ0) is 6.57. The molecule has 0 radical (unpaired) electrons. The maximum absolute atomic E-state index is 3.42. The van der Waals surface area contributed by atoms with Crippen LogP contribution < -0.4 is 0 Å². The monoisotopic (exact) mass is 176 g/mol. The standard InChI is InChI=1S/C7H13Br/c1-4-6(2)7(3)5-8/h4,7H,5H2,1-3H3. The fourth-order valence-electron chi connectivity index (χ4n) is 0.406. The minimum Gasteiger partial charge on any atom is -0.0922 e. The number of halogens is 1. The van der Waals surface area contributed by atoms with Crippen molar-refractivity contribution < 1.29 is 0 Å². The van der Waals surface area contributed by atoms with Gasteiger partial charge in [0, 0.05) is 5.33 Å². The van der Waals surface area contributed by atoms with Gasteiger partial charge in [-0.1, -0.05) is 34.5 Å². The molecule has 1 heteroatoms. The van der Waals surface area contributed by atoms with Crippen molar-refractivity contribution in [3.8, 4) is 0 Å². The average molecular weight is 177 g/mol. The Morgan fingerprint density at radius 2 is 2.25 bits per heavy atom. The third-order valence-corrected chi connectivity index (χ3v) is 2.44. The molecule has 1 atom stereocenters. The summed E-state index contributed by atoms with van der Waals surface area (Å²) in [6.07, 6.45) is 2.16. The van der Waals surface area contributed by atoms with Gasteiger partial charge in [0.05, 0.1) is 0 Å². The first-order valence-electron chi connectivity index (χ1n) is 2.91. The molecule has 0 aromatic heterocycles. The normalized spacial score (nSPS) is 16.2. The predicted octanol–water partition coefficient (Wildman–Crippen LogP) is 2.98. The first-order chi connectivity index (χ1) is 3.72. The SMILES string of the molecule is CC=C(C)C(C)CBr. The summed E-state index contributed by atoms with van der Waals surface area (Å²) < 4.78 is 0. The van der Waals surface area contributed by atoms with Gasteiger partial charge in [-0.25, -0.2) is 0 Å². The van der Waals surface area contributed by atoms with E-state index in [2.05, 4.69) is 42.8 Å². The molecule has 0 nitrogen and oxygen atoms in total. The molecule has 0 aromatic rings. The molecule has 0 heterocycles. The zero-order valence-corrected chi connectivity index (χ0v) is 7.33. The number of allylic oxidation sites excluding steroid dienone is 2. The predicted molar refractivity (Wildman–Crippen MR) is 42.4 cm³/mol. The lowest BCUT2D eigenvalue weighted by atomic mass is 10.1. The Morgan fingerprint density at radius 3 is 2.38 bits per heavy atom. The van der Waals surface area contributed by atoms with E-state index in [4.69, 9.17) is 0 Å². The first-order valence-corrected chi connectivity index (χ1v) is 4.03. The molecule has 0 bridgehead atoms. The van der Waals surface area contributed by atoms with Crippen LogP contribution in [0.4, 0.5) is 0 Å². The summed E-state index contributed by atoms with van der Waals surface area (Å²) in [5.74, 6) is 0.694. The molecule has 0 fully saturated rings. The summed E-state index contributed by atoms with van der Waals surface area (Å²) >= 11 is 3.42. The van der Waals surface area contributed by atoms with Crippen LogP contribution in [0.1, 0.15) is 20.8 Å². The van der Waals surface area contributed by atoms with Gasteiger partial charge < -0.3 is 0 Å². The van der Waals surface area contributed by atoms with E-state index in [1.165, 1.54) is 5.57 Å². The highest BCUT2D eigenvalue weighted by atomic mass is 79.9. The van der Waals surface area contributed by atoms with E-state index in [1.807, 2.05) is 0 Å². The molecule has 8 heavy (non-hydrogen) atoms. The summed E-state index contributed by atoms with van der Waals surface area (Å²) in [5.41, 5.74) is 1.46. The van der Waals surface area contributed by atoms with Gasteiger partial charge in [0.2, 0.25) is 0 Å². The minimum absolute atomic E-state index is 0.694. The Bertz CT molecular complexity index is 84.4. The lowest BCUT2D eigenvalue weighted by Crippen LogP contribution is -1.95. The highest BCUT2D eigenvalue weighted by Crippen LogP contribution is 2.10. The van der Waals surface area contributed by atoms with Gasteiger partial charge in [-0.15, -0.1) is 0 Å². The summed E-state index contributed by atoms with van der Waals surface area (Å²) in [4.78, 5) is 0. The van der Waals surface area contributed by atoms with Crippen LogP contribution in [-0.4, -0.2) is 5.33 Å². The molecule has 0 rings (SSSR count). The molecule has 0 amide bonds. The van der Waals surface area contributed by atoms with E-state index in [0.717, 1.165) is 5.33 Å². The number of hydrogen-bond donors (Lipinski definition) is 0. The highest BCUT2D eigenvalue weighted by Gasteiger charge is 1.97. The van der Waals surface area contributed by atoms with E-state index in [9.17, 15) is 0 Å². The second kappa shape index (κ2) is 4.13. The third kappa shape index (κ3) is 2.51. The van der Waals surface area contributed by atoms with Crippen LogP contribution in [0.2, 0.25) is 0 Å². The third-order valence-electron chi connectivity index (χ3n) is 1.46. The highest BCUT2D eigenvalue weighted by molar-refractivity contribution is 9.09. The van der Waals surface area contributed by atoms with Gasteiger partial charge in [0.1, 0.15) is 0 Å². The van der Waals surface area contributed by atoms with Gasteiger partial charge in [-0.2, -0.15) is 0 Å². The zero-order valence-electron chi connectivity index (χ0n) is 5.74. The number of rotatable bonds is 2. The van der Waals surface area contributed by atoms with E-state index < -0.39 is 0 Å². The van der Waals surface area contributed by atoms with E-state index in [1.54, 1.807) is 0 Å². The van der Waals surface area contributed by atoms with Crippen molar-refractivity contribution in [2.45, 2.75) is 20.8 Å². The van der Waals surface area contributed by atoms with E-state index >= 15 is 0 Å². The molecule has 1 unspecified atom stereocenters. The van der Waals surface area contributed by atoms with Crippen molar-refractivity contribution in [1.29, 1.82) is 0 Å². The minimum atomic E-state index is 0.694. The maximum atomic E-state index is 3.42. The lowest BCUT2D eigenvalue weighted by molar-refractivity contribution is 0.787. The molecule has 0 spiro atoms.